The number of ether oxygens (including phenoxy) is 2. The van der Waals surface area contributed by atoms with E-state index in [-0.39, 0.29) is 41.7 Å². The number of hydrogen-bond donors (Lipinski definition) is 1. The molecule has 1 N–H and O–H groups in total. The summed E-state index contributed by atoms with van der Waals surface area (Å²) in [5.41, 5.74) is 3.95. The summed E-state index contributed by atoms with van der Waals surface area (Å²) in [6, 6.07) is 3.56. The third-order valence-corrected chi connectivity index (χ3v) is 12.3. The van der Waals surface area contributed by atoms with E-state index < -0.39 is 17.6 Å². The molecule has 0 aromatic carbocycles. The molecule has 7 nitrogen and oxygen atoms in total. The van der Waals surface area contributed by atoms with Crippen molar-refractivity contribution in [2.24, 2.45) is 28.6 Å². The summed E-state index contributed by atoms with van der Waals surface area (Å²) in [7, 11) is 0. The van der Waals surface area contributed by atoms with Crippen LogP contribution in [-0.2, 0) is 23.9 Å². The maximum absolute atomic E-state index is 13.0. The van der Waals surface area contributed by atoms with E-state index in [1.807, 2.05) is 47.0 Å². The molecule has 0 bridgehead atoms. The zero-order chi connectivity index (χ0) is 37.2. The van der Waals surface area contributed by atoms with Crippen LogP contribution in [0, 0.1) is 28.6 Å². The molecule has 1 aromatic heterocycles. The van der Waals surface area contributed by atoms with Crippen LogP contribution in [0.4, 0.5) is 0 Å². The fourth-order valence-corrected chi connectivity index (χ4v) is 9.74. The molecule has 0 radical (unpaired) electrons. The third-order valence-electron chi connectivity index (χ3n) is 12.3. The number of aromatic nitrogens is 1. The van der Waals surface area contributed by atoms with Crippen molar-refractivity contribution in [3.05, 3.63) is 47.8 Å². The molecule has 7 atom stereocenters. The lowest BCUT2D eigenvalue weighted by Crippen LogP contribution is -2.50. The van der Waals surface area contributed by atoms with Crippen molar-refractivity contribution in [3.63, 3.8) is 0 Å². The van der Waals surface area contributed by atoms with Crippen molar-refractivity contribution in [1.82, 2.24) is 10.3 Å². The lowest BCUT2D eigenvalue weighted by molar-refractivity contribution is -0.159. The smallest absolute Gasteiger partial charge is 0.329 e. The summed E-state index contributed by atoms with van der Waals surface area (Å²) in [6.45, 7) is 16.6. The SMILES string of the molecule is CC.CCCCCCCCC(NC(=O)CCC(=O)OC1CCC2(C)C(=CCC3C2CCC2(C)C(c4cccnc4)=CCC32)C1)C(=O)OC(C)(C)C. The van der Waals surface area contributed by atoms with Gasteiger partial charge in [0, 0.05) is 25.2 Å². The number of esters is 2. The molecule has 4 aliphatic rings. The first-order chi connectivity index (χ1) is 24.3. The zero-order valence-corrected chi connectivity index (χ0v) is 33.2. The van der Waals surface area contributed by atoms with Crippen LogP contribution in [0.15, 0.2) is 42.3 Å². The average molecular weight is 705 g/mol. The second-order valence-electron chi connectivity index (χ2n) is 16.9. The van der Waals surface area contributed by atoms with Gasteiger partial charge in [0.25, 0.3) is 0 Å². The topological polar surface area (TPSA) is 94.6 Å². The van der Waals surface area contributed by atoms with Gasteiger partial charge >= 0.3 is 11.9 Å². The number of unbranched alkanes of at least 4 members (excludes halogenated alkanes) is 5. The maximum atomic E-state index is 13.0. The van der Waals surface area contributed by atoms with Crippen molar-refractivity contribution in [3.8, 4) is 0 Å². The number of carbonyl (C=O) groups is 3. The molecule has 0 aliphatic heterocycles. The number of rotatable bonds is 14. The molecule has 0 saturated heterocycles. The highest BCUT2D eigenvalue weighted by molar-refractivity contribution is 5.86. The minimum Gasteiger partial charge on any atom is -0.462 e. The summed E-state index contributed by atoms with van der Waals surface area (Å²) in [5, 5.41) is 2.86. The molecule has 4 aliphatic carbocycles. The Bertz CT molecular complexity index is 1380. The molecule has 7 unspecified atom stereocenters. The number of pyridine rings is 1. The molecule has 1 aromatic rings. The van der Waals surface area contributed by atoms with Crippen molar-refractivity contribution < 1.29 is 23.9 Å². The Morgan fingerprint density at radius 1 is 0.941 bits per heavy atom. The Labute approximate surface area is 309 Å². The van der Waals surface area contributed by atoms with Crippen molar-refractivity contribution in [2.75, 3.05) is 0 Å². The van der Waals surface area contributed by atoms with Crippen LogP contribution in [0.25, 0.3) is 5.57 Å². The highest BCUT2D eigenvalue weighted by atomic mass is 16.6. The van der Waals surface area contributed by atoms with Crippen LogP contribution >= 0.6 is 0 Å². The Kier molecular flexibility index (Phi) is 14.6. The second-order valence-corrected chi connectivity index (χ2v) is 16.9. The molecule has 51 heavy (non-hydrogen) atoms. The fourth-order valence-electron chi connectivity index (χ4n) is 9.74. The second kappa shape index (κ2) is 18.2. The largest absolute Gasteiger partial charge is 0.462 e. The summed E-state index contributed by atoms with van der Waals surface area (Å²) < 4.78 is 11.6. The van der Waals surface area contributed by atoms with Crippen LogP contribution in [-0.4, -0.2) is 40.6 Å². The standard InChI is InChI=1S/C42H62N2O5.C2H6/c1-7-8-9-10-11-12-15-36(39(47)49-40(2,3)4)44-37(45)20-21-38(46)48-31-22-24-41(5)30(27-31)16-17-32-34-19-18-33(29-14-13-26-43-28-29)42(34,6)25-23-35(32)41;1-2/h13-14,16,18,26,28,31-32,34-36H,7-12,15,17,19-25,27H2,1-6H3,(H,44,45);1-2H3. The van der Waals surface area contributed by atoms with Crippen LogP contribution in [0.3, 0.4) is 0 Å². The van der Waals surface area contributed by atoms with Gasteiger partial charge in [-0.1, -0.05) is 96.9 Å². The summed E-state index contributed by atoms with van der Waals surface area (Å²) >= 11 is 0. The monoisotopic (exact) mass is 705 g/mol. The molecular formula is C44H68N2O5. The predicted molar refractivity (Wildman–Crippen MR) is 206 cm³/mol. The van der Waals surface area contributed by atoms with E-state index in [0.29, 0.717) is 24.2 Å². The van der Waals surface area contributed by atoms with Crippen LogP contribution in [0.1, 0.15) is 164 Å². The number of fused-ring (bicyclic) bond motifs is 5. The van der Waals surface area contributed by atoms with Crippen molar-refractivity contribution in [2.45, 2.75) is 176 Å². The quantitative estimate of drug-likeness (QED) is 0.118. The summed E-state index contributed by atoms with van der Waals surface area (Å²) in [6.07, 6.45) is 23.2. The van der Waals surface area contributed by atoms with Crippen LogP contribution in [0.2, 0.25) is 0 Å². The lowest BCUT2D eigenvalue weighted by Gasteiger charge is -2.57. The van der Waals surface area contributed by atoms with Gasteiger partial charge in [0.1, 0.15) is 17.7 Å². The van der Waals surface area contributed by atoms with Crippen molar-refractivity contribution >= 4 is 23.4 Å². The van der Waals surface area contributed by atoms with E-state index in [2.05, 4.69) is 55.4 Å². The lowest BCUT2D eigenvalue weighted by atomic mass is 9.47. The first kappa shape index (κ1) is 40.8. The van der Waals surface area contributed by atoms with E-state index in [9.17, 15) is 14.4 Å². The average Bonchev–Trinajstić information content (AvgIpc) is 3.46. The van der Waals surface area contributed by atoms with E-state index in [1.54, 1.807) is 0 Å². The van der Waals surface area contributed by atoms with Gasteiger partial charge in [-0.05, 0) is 112 Å². The van der Waals surface area contributed by atoms with Gasteiger partial charge in [-0.15, -0.1) is 0 Å². The van der Waals surface area contributed by atoms with E-state index >= 15 is 0 Å². The van der Waals surface area contributed by atoms with Crippen molar-refractivity contribution in [1.29, 1.82) is 0 Å². The Hall–Kier alpha value is -2.96. The molecule has 5 rings (SSSR count). The molecule has 1 heterocycles. The number of nitrogens with zero attached hydrogens (tertiary/aromatic N) is 1. The molecular weight excluding hydrogens is 636 g/mol. The van der Waals surface area contributed by atoms with Crippen LogP contribution in [0.5, 0.6) is 0 Å². The Balaban J connectivity index is 0.00000286. The first-order valence-corrected chi connectivity index (χ1v) is 20.4. The highest BCUT2D eigenvalue weighted by Crippen LogP contribution is 2.66. The molecule has 2 fully saturated rings. The number of allylic oxidation sites excluding steroid dienone is 3. The number of amides is 1. The third kappa shape index (κ3) is 10.1. The predicted octanol–water partition coefficient (Wildman–Crippen LogP) is 10.3. The van der Waals surface area contributed by atoms with Gasteiger partial charge < -0.3 is 14.8 Å². The molecule has 2 saturated carbocycles. The molecule has 1 amide bonds. The molecule has 284 valence electrons. The van der Waals surface area contributed by atoms with E-state index in [4.69, 9.17) is 9.47 Å². The first-order valence-electron chi connectivity index (χ1n) is 20.4. The summed E-state index contributed by atoms with van der Waals surface area (Å²) in [5.74, 6) is 0.914. The Morgan fingerprint density at radius 2 is 1.67 bits per heavy atom. The minimum atomic E-state index is -0.702. The summed E-state index contributed by atoms with van der Waals surface area (Å²) in [4.78, 5) is 43.2. The van der Waals surface area contributed by atoms with Gasteiger partial charge in [0.15, 0.2) is 0 Å². The number of hydrogen-bond acceptors (Lipinski definition) is 6. The van der Waals surface area contributed by atoms with E-state index in [1.165, 1.54) is 48.8 Å². The van der Waals surface area contributed by atoms with Crippen LogP contribution < -0.4 is 5.32 Å². The number of carbonyl (C=O) groups excluding carboxylic acids is 3. The zero-order valence-electron chi connectivity index (χ0n) is 33.2. The fraction of sp³-hybridized carbons (Fsp3) is 0.727. The Morgan fingerprint density at radius 3 is 2.37 bits per heavy atom. The highest BCUT2D eigenvalue weighted by Gasteiger charge is 2.57. The molecule has 7 heteroatoms. The maximum Gasteiger partial charge on any atom is 0.329 e. The number of nitrogens with one attached hydrogen (secondary N) is 1. The van der Waals surface area contributed by atoms with Gasteiger partial charge in [0.05, 0.1) is 6.42 Å². The van der Waals surface area contributed by atoms with E-state index in [0.717, 1.165) is 51.4 Å². The van der Waals surface area contributed by atoms with Gasteiger partial charge in [-0.25, -0.2) is 4.79 Å². The van der Waals surface area contributed by atoms with Gasteiger partial charge in [-0.2, -0.15) is 0 Å². The molecule has 0 spiro atoms. The van der Waals surface area contributed by atoms with Gasteiger partial charge in [-0.3, -0.25) is 14.6 Å². The minimum absolute atomic E-state index is 0.000735. The van der Waals surface area contributed by atoms with Gasteiger partial charge in [0.2, 0.25) is 5.91 Å². The normalized spacial score (nSPS) is 28.7.